The van der Waals surface area contributed by atoms with Gasteiger partial charge in [-0.15, -0.1) is 0 Å². The van der Waals surface area contributed by atoms with Crippen LogP contribution in [0.5, 0.6) is 0 Å². The number of fused-ring (bicyclic) bond motifs is 1. The molecule has 2 N–H and O–H groups in total. The lowest BCUT2D eigenvalue weighted by Gasteiger charge is -2.34. The smallest absolute Gasteiger partial charge is 0.295 e. The summed E-state index contributed by atoms with van der Waals surface area (Å²) in [6.07, 6.45) is -2.69. The second-order valence-electron chi connectivity index (χ2n) is 7.14. The number of carbonyl (C=O) groups excluding carboxylic acids is 2. The monoisotopic (exact) mass is 413 g/mol. The van der Waals surface area contributed by atoms with Crippen molar-refractivity contribution in [2.45, 2.75) is 6.43 Å². The first-order valence-corrected chi connectivity index (χ1v) is 9.64. The van der Waals surface area contributed by atoms with Gasteiger partial charge in [0.25, 0.3) is 12.3 Å². The summed E-state index contributed by atoms with van der Waals surface area (Å²) in [6.45, 7) is 2.39. The average molecular weight is 413 g/mol. The molecule has 1 aliphatic heterocycles. The number of benzene rings is 2. The highest BCUT2D eigenvalue weighted by molar-refractivity contribution is 5.97. The van der Waals surface area contributed by atoms with Crippen molar-refractivity contribution in [2.24, 2.45) is 0 Å². The lowest BCUT2D eigenvalue weighted by molar-refractivity contribution is -0.117. The van der Waals surface area contributed by atoms with E-state index in [9.17, 15) is 18.4 Å². The number of aromatic nitrogens is 2. The lowest BCUT2D eigenvalue weighted by atomic mass is 10.1. The van der Waals surface area contributed by atoms with Gasteiger partial charge in [0.15, 0.2) is 5.82 Å². The molecule has 9 heteroatoms. The van der Waals surface area contributed by atoms with E-state index in [0.29, 0.717) is 42.8 Å². The maximum absolute atomic E-state index is 12.8. The van der Waals surface area contributed by atoms with Gasteiger partial charge < -0.3 is 15.2 Å². The van der Waals surface area contributed by atoms with Crippen LogP contribution >= 0.6 is 0 Å². The van der Waals surface area contributed by atoms with Crippen LogP contribution < -0.4 is 5.32 Å². The number of nitrogens with one attached hydrogen (secondary N) is 2. The maximum atomic E-state index is 12.8. The summed E-state index contributed by atoms with van der Waals surface area (Å²) < 4.78 is 25.6. The van der Waals surface area contributed by atoms with E-state index < -0.39 is 12.2 Å². The van der Waals surface area contributed by atoms with Crippen LogP contribution in [0.1, 0.15) is 22.6 Å². The SMILES string of the molecule is O=C(CN1CCN(C(=O)c2ccc3nc(C(F)F)[nH]c3c2)CC1)Nc1ccccc1. The molecule has 2 aromatic carbocycles. The van der Waals surface area contributed by atoms with E-state index in [1.807, 2.05) is 35.2 Å². The fourth-order valence-electron chi connectivity index (χ4n) is 3.48. The molecule has 0 radical (unpaired) electrons. The maximum Gasteiger partial charge on any atom is 0.295 e. The molecule has 0 saturated carbocycles. The fourth-order valence-corrected chi connectivity index (χ4v) is 3.48. The van der Waals surface area contributed by atoms with E-state index in [1.54, 1.807) is 23.1 Å². The van der Waals surface area contributed by atoms with Crippen molar-refractivity contribution in [1.82, 2.24) is 19.8 Å². The molecule has 2 heterocycles. The topological polar surface area (TPSA) is 81.3 Å². The zero-order chi connectivity index (χ0) is 21.1. The number of H-pyrrole nitrogens is 1. The third-order valence-corrected chi connectivity index (χ3v) is 5.04. The number of halogens is 2. The molecule has 1 aromatic heterocycles. The number of alkyl halides is 2. The standard InChI is InChI=1S/C21H21F2N5O2/c22-19(23)20-25-16-7-6-14(12-17(16)26-20)21(30)28-10-8-27(9-11-28)13-18(29)24-15-4-2-1-3-5-15/h1-7,12,19H,8-11,13H2,(H,24,29)(H,25,26). The van der Waals surface area contributed by atoms with E-state index in [1.165, 1.54) is 0 Å². The van der Waals surface area contributed by atoms with E-state index in [0.717, 1.165) is 5.69 Å². The van der Waals surface area contributed by atoms with E-state index in [4.69, 9.17) is 0 Å². The van der Waals surface area contributed by atoms with Crippen molar-refractivity contribution in [3.63, 3.8) is 0 Å². The highest BCUT2D eigenvalue weighted by Crippen LogP contribution is 2.21. The van der Waals surface area contributed by atoms with Crippen LogP contribution in [0.4, 0.5) is 14.5 Å². The van der Waals surface area contributed by atoms with Crippen molar-refractivity contribution in [2.75, 3.05) is 38.0 Å². The third-order valence-electron chi connectivity index (χ3n) is 5.04. The van der Waals surface area contributed by atoms with Crippen LogP contribution in [0.2, 0.25) is 0 Å². The highest BCUT2D eigenvalue weighted by atomic mass is 19.3. The first-order valence-electron chi connectivity index (χ1n) is 9.64. The van der Waals surface area contributed by atoms with Crippen molar-refractivity contribution in [3.8, 4) is 0 Å². The minimum absolute atomic E-state index is 0.0968. The highest BCUT2D eigenvalue weighted by Gasteiger charge is 2.24. The second-order valence-corrected chi connectivity index (χ2v) is 7.14. The molecule has 0 unspecified atom stereocenters. The van der Waals surface area contributed by atoms with Gasteiger partial charge in [-0.05, 0) is 30.3 Å². The minimum Gasteiger partial charge on any atom is -0.337 e. The number of hydrogen-bond acceptors (Lipinski definition) is 4. The number of aromatic amines is 1. The van der Waals surface area contributed by atoms with E-state index in [2.05, 4.69) is 15.3 Å². The molecule has 156 valence electrons. The molecular formula is C21H21F2N5O2. The number of imidazole rings is 1. The van der Waals surface area contributed by atoms with Gasteiger partial charge in [-0.3, -0.25) is 14.5 Å². The Kier molecular flexibility index (Phi) is 5.71. The van der Waals surface area contributed by atoms with Crippen molar-refractivity contribution >= 4 is 28.5 Å². The quantitative estimate of drug-likeness (QED) is 0.674. The molecule has 1 saturated heterocycles. The molecular weight excluding hydrogens is 392 g/mol. The van der Waals surface area contributed by atoms with Gasteiger partial charge >= 0.3 is 0 Å². The largest absolute Gasteiger partial charge is 0.337 e. The Balaban J connectivity index is 1.33. The lowest BCUT2D eigenvalue weighted by Crippen LogP contribution is -2.50. The molecule has 3 aromatic rings. The van der Waals surface area contributed by atoms with Gasteiger partial charge in [-0.25, -0.2) is 13.8 Å². The number of nitrogens with zero attached hydrogens (tertiary/aromatic N) is 3. The zero-order valence-electron chi connectivity index (χ0n) is 16.1. The van der Waals surface area contributed by atoms with Gasteiger partial charge in [0.1, 0.15) is 0 Å². The summed E-state index contributed by atoms with van der Waals surface area (Å²) in [5, 5.41) is 2.85. The van der Waals surface area contributed by atoms with Crippen LogP contribution in [-0.4, -0.2) is 64.3 Å². The molecule has 4 rings (SSSR count). The first-order chi connectivity index (χ1) is 14.5. The summed E-state index contributed by atoms with van der Waals surface area (Å²) in [5.41, 5.74) is 1.98. The Bertz CT molecular complexity index is 1050. The summed E-state index contributed by atoms with van der Waals surface area (Å²) in [4.78, 5) is 35.1. The number of carbonyl (C=O) groups is 2. The Hall–Kier alpha value is -3.33. The minimum atomic E-state index is -2.69. The summed E-state index contributed by atoms with van der Waals surface area (Å²) >= 11 is 0. The van der Waals surface area contributed by atoms with E-state index >= 15 is 0 Å². The van der Waals surface area contributed by atoms with Crippen LogP contribution in [0.25, 0.3) is 11.0 Å². The Morgan fingerprint density at radius 2 is 1.80 bits per heavy atom. The fraction of sp³-hybridized carbons (Fsp3) is 0.286. The van der Waals surface area contributed by atoms with Gasteiger partial charge in [0, 0.05) is 37.4 Å². The number of piperazine rings is 1. The van der Waals surface area contributed by atoms with E-state index in [-0.39, 0.29) is 18.4 Å². The summed E-state index contributed by atoms with van der Waals surface area (Å²) in [5.74, 6) is -0.670. The summed E-state index contributed by atoms with van der Waals surface area (Å²) in [7, 11) is 0. The molecule has 0 spiro atoms. The molecule has 1 fully saturated rings. The summed E-state index contributed by atoms with van der Waals surface area (Å²) in [6, 6.07) is 14.0. The Morgan fingerprint density at radius 1 is 1.07 bits per heavy atom. The molecule has 7 nitrogen and oxygen atoms in total. The van der Waals surface area contributed by atoms with Crippen molar-refractivity contribution in [1.29, 1.82) is 0 Å². The molecule has 30 heavy (non-hydrogen) atoms. The van der Waals surface area contributed by atoms with Crippen molar-refractivity contribution in [3.05, 3.63) is 59.9 Å². The molecule has 0 bridgehead atoms. The number of para-hydroxylation sites is 1. The predicted molar refractivity (Wildman–Crippen MR) is 108 cm³/mol. The van der Waals surface area contributed by atoms with Crippen molar-refractivity contribution < 1.29 is 18.4 Å². The average Bonchev–Trinajstić information content (AvgIpc) is 3.18. The van der Waals surface area contributed by atoms with Gasteiger partial charge in [0.05, 0.1) is 17.6 Å². The number of amides is 2. The third kappa shape index (κ3) is 4.46. The number of hydrogen-bond donors (Lipinski definition) is 2. The van der Waals surface area contributed by atoms with Crippen LogP contribution in [0.15, 0.2) is 48.5 Å². The van der Waals surface area contributed by atoms with Crippen LogP contribution in [0.3, 0.4) is 0 Å². The Labute approximate surface area is 171 Å². The van der Waals surface area contributed by atoms with Gasteiger partial charge in [-0.1, -0.05) is 18.2 Å². The first kappa shape index (κ1) is 20.0. The van der Waals surface area contributed by atoms with Crippen LogP contribution in [0, 0.1) is 0 Å². The van der Waals surface area contributed by atoms with Gasteiger partial charge in [0.2, 0.25) is 5.91 Å². The zero-order valence-corrected chi connectivity index (χ0v) is 16.1. The second kappa shape index (κ2) is 8.58. The molecule has 0 atom stereocenters. The number of anilines is 1. The normalized spacial score (nSPS) is 15.0. The number of rotatable bonds is 5. The molecule has 2 amide bonds. The van der Waals surface area contributed by atoms with Crippen LogP contribution in [-0.2, 0) is 4.79 Å². The molecule has 1 aliphatic rings. The van der Waals surface area contributed by atoms with Gasteiger partial charge in [-0.2, -0.15) is 0 Å². The Morgan fingerprint density at radius 3 is 2.50 bits per heavy atom. The molecule has 0 aliphatic carbocycles. The predicted octanol–water partition coefficient (Wildman–Crippen LogP) is 2.90.